The second kappa shape index (κ2) is 8.11. The van der Waals surface area contributed by atoms with Crippen molar-refractivity contribution in [3.05, 3.63) is 67.3 Å². The fraction of sp³-hybridized carbons (Fsp3) is 0.118. The van der Waals surface area contributed by atoms with Gasteiger partial charge in [0.05, 0.1) is 23.1 Å². The lowest BCUT2D eigenvalue weighted by Gasteiger charge is -2.00. The van der Waals surface area contributed by atoms with Gasteiger partial charge in [-0.15, -0.1) is 11.3 Å². The molecule has 10 heteroatoms. The number of benzene rings is 1. The van der Waals surface area contributed by atoms with Gasteiger partial charge >= 0.3 is 0 Å². The van der Waals surface area contributed by atoms with E-state index in [1.807, 2.05) is 12.3 Å². The number of hydrogen-bond acceptors (Lipinski definition) is 7. The van der Waals surface area contributed by atoms with Crippen LogP contribution in [-0.2, 0) is 11.2 Å². The van der Waals surface area contributed by atoms with E-state index in [1.165, 1.54) is 29.7 Å². The van der Waals surface area contributed by atoms with E-state index < -0.39 is 4.92 Å². The summed E-state index contributed by atoms with van der Waals surface area (Å²) in [5, 5.41) is 17.8. The molecular weight excluding hydrogens is 392 g/mol. The standard InChI is InChI=1S/C17H13ClN4O4S/c1-10-9-27-17(20-10)7-16(23)21-19-8-12-3-5-15(26-12)13-4-2-11(18)6-14(13)22(24)25/h2-6,8-9H,7H2,1H3,(H,21,23)/b19-8-. The smallest absolute Gasteiger partial charge is 0.281 e. The van der Waals surface area contributed by atoms with Crippen molar-refractivity contribution in [2.75, 3.05) is 0 Å². The quantitative estimate of drug-likeness (QED) is 0.379. The predicted molar refractivity (Wildman–Crippen MR) is 102 cm³/mol. The molecule has 0 fully saturated rings. The molecule has 1 N–H and O–H groups in total. The Morgan fingerprint density at radius 3 is 2.96 bits per heavy atom. The molecule has 1 aromatic carbocycles. The Morgan fingerprint density at radius 1 is 1.44 bits per heavy atom. The first-order valence-electron chi connectivity index (χ1n) is 7.69. The number of furan rings is 1. The average Bonchev–Trinajstić information content (AvgIpc) is 3.24. The van der Waals surface area contributed by atoms with Gasteiger partial charge in [0, 0.05) is 22.2 Å². The fourth-order valence-electron chi connectivity index (χ4n) is 2.26. The molecule has 0 saturated heterocycles. The van der Waals surface area contributed by atoms with Gasteiger partial charge in [-0.2, -0.15) is 5.10 Å². The number of halogens is 1. The van der Waals surface area contributed by atoms with Crippen molar-refractivity contribution in [3.63, 3.8) is 0 Å². The van der Waals surface area contributed by atoms with Crippen molar-refractivity contribution in [2.24, 2.45) is 5.10 Å². The van der Waals surface area contributed by atoms with E-state index in [1.54, 1.807) is 18.2 Å². The van der Waals surface area contributed by atoms with Gasteiger partial charge in [0.15, 0.2) is 0 Å². The number of carbonyl (C=O) groups is 1. The fourth-order valence-corrected chi connectivity index (χ4v) is 3.20. The Kier molecular flexibility index (Phi) is 5.63. The summed E-state index contributed by atoms with van der Waals surface area (Å²) in [4.78, 5) is 26.7. The maximum absolute atomic E-state index is 11.8. The van der Waals surface area contributed by atoms with Crippen molar-refractivity contribution < 1.29 is 14.1 Å². The molecule has 138 valence electrons. The van der Waals surface area contributed by atoms with Crippen molar-refractivity contribution in [1.82, 2.24) is 10.4 Å². The van der Waals surface area contributed by atoms with Gasteiger partial charge in [-0.25, -0.2) is 10.4 Å². The van der Waals surface area contributed by atoms with E-state index in [-0.39, 0.29) is 23.0 Å². The first-order valence-corrected chi connectivity index (χ1v) is 8.95. The molecule has 0 atom stereocenters. The lowest BCUT2D eigenvalue weighted by molar-refractivity contribution is -0.384. The Hall–Kier alpha value is -3.04. The predicted octanol–water partition coefficient (Wildman–Crippen LogP) is 3.97. The molecule has 2 heterocycles. The molecule has 0 saturated carbocycles. The molecule has 3 aromatic rings. The molecule has 0 bridgehead atoms. The van der Waals surface area contributed by atoms with Gasteiger partial charge < -0.3 is 4.42 Å². The van der Waals surface area contributed by atoms with Gasteiger partial charge in [0.2, 0.25) is 5.91 Å². The molecule has 0 radical (unpaired) electrons. The second-order valence-electron chi connectivity index (χ2n) is 5.47. The van der Waals surface area contributed by atoms with E-state index in [4.69, 9.17) is 16.0 Å². The highest BCUT2D eigenvalue weighted by molar-refractivity contribution is 7.09. The largest absolute Gasteiger partial charge is 0.455 e. The molecule has 2 aromatic heterocycles. The summed E-state index contributed by atoms with van der Waals surface area (Å²) in [5.41, 5.74) is 3.39. The molecular formula is C17H13ClN4O4S. The first kappa shape index (κ1) is 18.7. The lowest BCUT2D eigenvalue weighted by atomic mass is 10.1. The van der Waals surface area contributed by atoms with E-state index in [9.17, 15) is 14.9 Å². The number of aromatic nitrogens is 1. The number of hydrazone groups is 1. The number of nitrogens with one attached hydrogen (secondary N) is 1. The molecule has 0 aliphatic carbocycles. The van der Waals surface area contributed by atoms with Gasteiger partial charge in [-0.05, 0) is 31.2 Å². The molecule has 0 unspecified atom stereocenters. The molecule has 8 nitrogen and oxygen atoms in total. The van der Waals surface area contributed by atoms with Crippen LogP contribution in [0.3, 0.4) is 0 Å². The highest BCUT2D eigenvalue weighted by Crippen LogP contribution is 2.33. The normalized spacial score (nSPS) is 11.0. The van der Waals surface area contributed by atoms with Crippen LogP contribution >= 0.6 is 22.9 Å². The van der Waals surface area contributed by atoms with Crippen molar-refractivity contribution in [3.8, 4) is 11.3 Å². The van der Waals surface area contributed by atoms with E-state index >= 15 is 0 Å². The van der Waals surface area contributed by atoms with Crippen LogP contribution in [0.25, 0.3) is 11.3 Å². The number of nitro groups is 1. The maximum Gasteiger partial charge on any atom is 0.281 e. The Balaban J connectivity index is 1.67. The number of thiazole rings is 1. The lowest BCUT2D eigenvalue weighted by Crippen LogP contribution is -2.19. The first-order chi connectivity index (χ1) is 12.9. The van der Waals surface area contributed by atoms with Crippen LogP contribution in [0.2, 0.25) is 5.02 Å². The Bertz CT molecular complexity index is 1030. The third-order valence-corrected chi connectivity index (χ3v) is 4.61. The molecule has 0 aliphatic rings. The van der Waals surface area contributed by atoms with Crippen LogP contribution in [0.5, 0.6) is 0 Å². The van der Waals surface area contributed by atoms with Gasteiger partial charge in [0.1, 0.15) is 16.5 Å². The van der Waals surface area contributed by atoms with Crippen LogP contribution < -0.4 is 5.43 Å². The maximum atomic E-state index is 11.8. The number of aryl methyl sites for hydroxylation is 1. The summed E-state index contributed by atoms with van der Waals surface area (Å²) >= 11 is 7.22. The van der Waals surface area contributed by atoms with Crippen molar-refractivity contribution in [1.29, 1.82) is 0 Å². The zero-order valence-electron chi connectivity index (χ0n) is 14.0. The summed E-state index contributed by atoms with van der Waals surface area (Å²) in [5.74, 6) is 0.324. The summed E-state index contributed by atoms with van der Waals surface area (Å²) < 4.78 is 5.55. The van der Waals surface area contributed by atoms with Gasteiger partial charge in [-0.3, -0.25) is 14.9 Å². The second-order valence-corrected chi connectivity index (χ2v) is 6.85. The molecule has 0 spiro atoms. The third kappa shape index (κ3) is 4.78. The number of rotatable bonds is 6. The van der Waals surface area contributed by atoms with Crippen LogP contribution in [0.15, 0.2) is 45.2 Å². The zero-order valence-corrected chi connectivity index (χ0v) is 15.6. The van der Waals surface area contributed by atoms with Gasteiger partial charge in [-0.1, -0.05) is 11.6 Å². The van der Waals surface area contributed by atoms with Crippen LogP contribution in [0.1, 0.15) is 16.5 Å². The number of hydrogen-bond donors (Lipinski definition) is 1. The summed E-state index contributed by atoms with van der Waals surface area (Å²) in [6.07, 6.45) is 1.45. The van der Waals surface area contributed by atoms with E-state index in [0.29, 0.717) is 22.1 Å². The van der Waals surface area contributed by atoms with Crippen molar-refractivity contribution >= 4 is 40.7 Å². The third-order valence-electron chi connectivity index (χ3n) is 3.41. The van der Waals surface area contributed by atoms with Crippen LogP contribution in [-0.4, -0.2) is 22.0 Å². The number of nitrogens with zero attached hydrogens (tertiary/aromatic N) is 3. The minimum absolute atomic E-state index is 0.135. The Labute approximate surface area is 162 Å². The van der Waals surface area contributed by atoms with Crippen LogP contribution in [0, 0.1) is 17.0 Å². The zero-order chi connectivity index (χ0) is 19.4. The van der Waals surface area contributed by atoms with E-state index in [0.717, 1.165) is 5.69 Å². The minimum Gasteiger partial charge on any atom is -0.455 e. The highest BCUT2D eigenvalue weighted by atomic mass is 35.5. The molecule has 1 amide bonds. The van der Waals surface area contributed by atoms with Crippen LogP contribution in [0.4, 0.5) is 5.69 Å². The van der Waals surface area contributed by atoms with Crippen molar-refractivity contribution in [2.45, 2.75) is 13.3 Å². The minimum atomic E-state index is -0.530. The molecule has 0 aliphatic heterocycles. The molecule has 3 rings (SSSR count). The number of amides is 1. The summed E-state index contributed by atoms with van der Waals surface area (Å²) in [6, 6.07) is 7.48. The number of nitro benzene ring substituents is 1. The number of carbonyl (C=O) groups excluding carboxylic acids is 1. The van der Waals surface area contributed by atoms with Gasteiger partial charge in [0.25, 0.3) is 5.69 Å². The summed E-state index contributed by atoms with van der Waals surface area (Å²) in [7, 11) is 0. The average molecular weight is 405 g/mol. The molecule has 27 heavy (non-hydrogen) atoms. The topological polar surface area (TPSA) is 111 Å². The monoisotopic (exact) mass is 404 g/mol. The Morgan fingerprint density at radius 2 is 2.26 bits per heavy atom. The highest BCUT2D eigenvalue weighted by Gasteiger charge is 2.18. The summed E-state index contributed by atoms with van der Waals surface area (Å²) in [6.45, 7) is 1.86. The van der Waals surface area contributed by atoms with E-state index in [2.05, 4.69) is 15.5 Å². The SMILES string of the molecule is Cc1csc(CC(=O)N/N=C\c2ccc(-c3ccc(Cl)cc3[N+](=O)[O-])o2)n1.